The maximum absolute atomic E-state index is 12.0. The first-order chi connectivity index (χ1) is 12.1. The summed E-state index contributed by atoms with van der Waals surface area (Å²) < 4.78 is 0. The van der Waals surface area contributed by atoms with Crippen LogP contribution in [0.2, 0.25) is 0 Å². The molecular formula is C16H21N7OS. The SMILES string of the molecule is Cc1nc(Nc2nnc(C3CCCCC3)s2)c2c(n1)NC(C)C(=O)N2. The Hall–Kier alpha value is -2.29. The number of nitrogens with zero attached hydrogens (tertiary/aromatic N) is 4. The van der Waals surface area contributed by atoms with Gasteiger partial charge in [0, 0.05) is 5.92 Å². The molecule has 1 unspecified atom stereocenters. The van der Waals surface area contributed by atoms with E-state index in [1.807, 2.05) is 6.92 Å². The zero-order chi connectivity index (χ0) is 17.4. The quantitative estimate of drug-likeness (QED) is 0.773. The molecule has 0 saturated heterocycles. The Kier molecular flexibility index (Phi) is 4.24. The smallest absolute Gasteiger partial charge is 0.246 e. The Morgan fingerprint density at radius 1 is 1.16 bits per heavy atom. The van der Waals surface area contributed by atoms with E-state index in [-0.39, 0.29) is 11.9 Å². The van der Waals surface area contributed by atoms with Gasteiger partial charge in [-0.15, -0.1) is 10.2 Å². The Labute approximate surface area is 149 Å². The normalized spacial score (nSPS) is 20.6. The average Bonchev–Trinajstić information content (AvgIpc) is 3.06. The van der Waals surface area contributed by atoms with Crippen LogP contribution in [0, 0.1) is 6.92 Å². The predicted octanol–water partition coefficient (Wildman–Crippen LogP) is 3.18. The molecule has 1 aliphatic heterocycles. The molecule has 0 bridgehead atoms. The third-order valence-electron chi connectivity index (χ3n) is 4.64. The van der Waals surface area contributed by atoms with Gasteiger partial charge in [-0.1, -0.05) is 30.6 Å². The largest absolute Gasteiger partial charge is 0.357 e. The maximum Gasteiger partial charge on any atom is 0.246 e. The number of anilines is 4. The van der Waals surface area contributed by atoms with Gasteiger partial charge in [0.15, 0.2) is 11.6 Å². The minimum Gasteiger partial charge on any atom is -0.357 e. The molecule has 132 valence electrons. The maximum atomic E-state index is 12.0. The summed E-state index contributed by atoms with van der Waals surface area (Å²) in [6.45, 7) is 3.62. The molecular weight excluding hydrogens is 338 g/mol. The summed E-state index contributed by atoms with van der Waals surface area (Å²) in [7, 11) is 0. The van der Waals surface area contributed by atoms with Crippen LogP contribution in [-0.2, 0) is 4.79 Å². The number of rotatable bonds is 3. The lowest BCUT2D eigenvalue weighted by molar-refractivity contribution is -0.116. The number of carbonyl (C=O) groups is 1. The highest BCUT2D eigenvalue weighted by Crippen LogP contribution is 2.37. The van der Waals surface area contributed by atoms with Crippen molar-refractivity contribution in [2.24, 2.45) is 0 Å². The fourth-order valence-electron chi connectivity index (χ4n) is 3.29. The number of aromatic nitrogens is 4. The van der Waals surface area contributed by atoms with Crippen LogP contribution in [0.1, 0.15) is 55.8 Å². The summed E-state index contributed by atoms with van der Waals surface area (Å²) >= 11 is 1.57. The molecule has 0 radical (unpaired) electrons. The van der Waals surface area contributed by atoms with E-state index < -0.39 is 0 Å². The summed E-state index contributed by atoms with van der Waals surface area (Å²) in [4.78, 5) is 20.8. The molecule has 1 fully saturated rings. The first kappa shape index (κ1) is 16.2. The van der Waals surface area contributed by atoms with Crippen LogP contribution in [0.3, 0.4) is 0 Å². The second kappa shape index (κ2) is 6.55. The monoisotopic (exact) mass is 359 g/mol. The molecule has 3 heterocycles. The Balaban J connectivity index is 1.59. The molecule has 2 aromatic heterocycles. The second-order valence-corrected chi connectivity index (χ2v) is 7.61. The lowest BCUT2D eigenvalue weighted by Gasteiger charge is -2.24. The van der Waals surface area contributed by atoms with E-state index in [1.54, 1.807) is 18.3 Å². The fourth-order valence-corrected chi connectivity index (χ4v) is 4.20. The summed E-state index contributed by atoms with van der Waals surface area (Å²) in [5, 5.41) is 19.6. The van der Waals surface area contributed by atoms with Crippen molar-refractivity contribution in [2.75, 3.05) is 16.0 Å². The second-order valence-electron chi connectivity index (χ2n) is 6.60. The van der Waals surface area contributed by atoms with E-state index in [1.165, 1.54) is 32.1 Å². The Morgan fingerprint density at radius 3 is 2.76 bits per heavy atom. The van der Waals surface area contributed by atoms with Crippen LogP contribution in [-0.4, -0.2) is 32.1 Å². The molecule has 1 aliphatic carbocycles. The zero-order valence-electron chi connectivity index (χ0n) is 14.3. The van der Waals surface area contributed by atoms with E-state index in [0.717, 1.165) is 5.01 Å². The molecule has 9 heteroatoms. The molecule has 1 atom stereocenters. The number of carbonyl (C=O) groups excluding carboxylic acids is 1. The van der Waals surface area contributed by atoms with Gasteiger partial charge in [-0.25, -0.2) is 9.97 Å². The van der Waals surface area contributed by atoms with Crippen molar-refractivity contribution in [3.63, 3.8) is 0 Å². The number of fused-ring (bicyclic) bond motifs is 1. The van der Waals surface area contributed by atoms with Gasteiger partial charge in [-0.2, -0.15) is 0 Å². The van der Waals surface area contributed by atoms with Gasteiger partial charge >= 0.3 is 0 Å². The van der Waals surface area contributed by atoms with Gasteiger partial charge < -0.3 is 16.0 Å². The molecule has 2 aliphatic rings. The lowest BCUT2D eigenvalue weighted by atomic mass is 9.90. The van der Waals surface area contributed by atoms with E-state index in [4.69, 9.17) is 0 Å². The minimum atomic E-state index is -0.325. The van der Waals surface area contributed by atoms with Crippen molar-refractivity contribution < 1.29 is 4.79 Å². The van der Waals surface area contributed by atoms with Crippen LogP contribution in [0.5, 0.6) is 0 Å². The molecule has 1 saturated carbocycles. The number of hydrogen-bond acceptors (Lipinski definition) is 8. The number of amides is 1. The minimum absolute atomic E-state index is 0.108. The van der Waals surface area contributed by atoms with Crippen LogP contribution in [0.4, 0.5) is 22.5 Å². The molecule has 25 heavy (non-hydrogen) atoms. The lowest BCUT2D eigenvalue weighted by Crippen LogP contribution is -2.37. The summed E-state index contributed by atoms with van der Waals surface area (Å²) in [6, 6.07) is -0.325. The average molecular weight is 359 g/mol. The number of aryl methyl sites for hydroxylation is 1. The Morgan fingerprint density at radius 2 is 1.96 bits per heavy atom. The molecule has 0 spiro atoms. The topological polar surface area (TPSA) is 105 Å². The standard InChI is InChI=1S/C16H21N7OS/c1-8-14(24)20-11-12(17-8)18-9(2)19-13(11)21-16-23-22-15(25-16)10-6-4-3-5-7-10/h8,10H,3-7H2,1-2H3,(H,20,24)(H2,17,18,19,21,23). The molecule has 2 aromatic rings. The molecule has 8 nitrogen and oxygen atoms in total. The first-order valence-electron chi connectivity index (χ1n) is 8.66. The van der Waals surface area contributed by atoms with Gasteiger partial charge in [0.05, 0.1) is 0 Å². The highest BCUT2D eigenvalue weighted by Gasteiger charge is 2.27. The highest BCUT2D eigenvalue weighted by atomic mass is 32.1. The van der Waals surface area contributed by atoms with Gasteiger partial charge in [0.1, 0.15) is 22.6 Å². The summed E-state index contributed by atoms with van der Waals surface area (Å²) in [6.07, 6.45) is 6.23. The van der Waals surface area contributed by atoms with E-state index in [2.05, 4.69) is 36.1 Å². The number of hydrogen-bond donors (Lipinski definition) is 3. The van der Waals surface area contributed by atoms with E-state index >= 15 is 0 Å². The van der Waals surface area contributed by atoms with Gasteiger partial charge in [-0.05, 0) is 26.7 Å². The molecule has 0 aromatic carbocycles. The fraction of sp³-hybridized carbons (Fsp3) is 0.562. The van der Waals surface area contributed by atoms with Crippen LogP contribution in [0.15, 0.2) is 0 Å². The van der Waals surface area contributed by atoms with Crippen molar-refractivity contribution in [1.29, 1.82) is 0 Å². The van der Waals surface area contributed by atoms with Crippen molar-refractivity contribution in [3.05, 3.63) is 10.8 Å². The Bertz CT molecular complexity index is 800. The van der Waals surface area contributed by atoms with Crippen molar-refractivity contribution in [3.8, 4) is 0 Å². The van der Waals surface area contributed by atoms with Gasteiger partial charge in [0.2, 0.25) is 11.0 Å². The predicted molar refractivity (Wildman–Crippen MR) is 97.5 cm³/mol. The molecule has 3 N–H and O–H groups in total. The van der Waals surface area contributed by atoms with E-state index in [0.29, 0.717) is 34.2 Å². The summed E-state index contributed by atoms with van der Waals surface area (Å²) in [5.41, 5.74) is 0.558. The summed E-state index contributed by atoms with van der Waals surface area (Å²) in [5.74, 6) is 2.20. The highest BCUT2D eigenvalue weighted by molar-refractivity contribution is 7.15. The first-order valence-corrected chi connectivity index (χ1v) is 9.48. The van der Waals surface area contributed by atoms with Crippen molar-refractivity contribution in [2.45, 2.75) is 57.9 Å². The van der Waals surface area contributed by atoms with Crippen molar-refractivity contribution in [1.82, 2.24) is 20.2 Å². The van der Waals surface area contributed by atoms with Crippen LogP contribution < -0.4 is 16.0 Å². The van der Waals surface area contributed by atoms with Crippen molar-refractivity contribution >= 4 is 39.7 Å². The van der Waals surface area contributed by atoms with Crippen LogP contribution in [0.25, 0.3) is 0 Å². The third kappa shape index (κ3) is 3.28. The third-order valence-corrected chi connectivity index (χ3v) is 5.64. The van der Waals surface area contributed by atoms with Gasteiger partial charge in [-0.3, -0.25) is 4.79 Å². The van der Waals surface area contributed by atoms with Crippen LogP contribution >= 0.6 is 11.3 Å². The molecule has 1 amide bonds. The zero-order valence-corrected chi connectivity index (χ0v) is 15.1. The number of nitrogens with one attached hydrogen (secondary N) is 3. The van der Waals surface area contributed by atoms with Gasteiger partial charge in [0.25, 0.3) is 0 Å². The van der Waals surface area contributed by atoms with E-state index in [9.17, 15) is 4.79 Å². The molecule has 4 rings (SSSR count).